The maximum atomic E-state index is 12.6. The van der Waals surface area contributed by atoms with Gasteiger partial charge < -0.3 is 4.90 Å². The second-order valence-electron chi connectivity index (χ2n) is 4.16. The molecule has 19 heavy (non-hydrogen) atoms. The van der Waals surface area contributed by atoms with Crippen LogP contribution in [0.5, 0.6) is 0 Å². The van der Waals surface area contributed by atoms with Gasteiger partial charge in [-0.15, -0.1) is 0 Å². The number of halogens is 3. The Labute approximate surface area is 109 Å². The number of rotatable bonds is 3. The number of alkyl halides is 3. The molecular weight excluding hydrogens is 255 g/mol. The van der Waals surface area contributed by atoms with Crippen LogP contribution in [0, 0.1) is 22.7 Å². The molecule has 0 spiro atoms. The smallest absolute Gasteiger partial charge is 0.371 e. The molecule has 1 rings (SSSR count). The first-order chi connectivity index (χ1) is 8.81. The van der Waals surface area contributed by atoms with Crippen LogP contribution in [0.2, 0.25) is 0 Å². The van der Waals surface area contributed by atoms with Crippen molar-refractivity contribution in [2.75, 3.05) is 11.9 Å². The molecule has 0 N–H and O–H groups in total. The van der Waals surface area contributed by atoms with E-state index in [-0.39, 0.29) is 12.5 Å². The lowest BCUT2D eigenvalue weighted by Crippen LogP contribution is -2.28. The van der Waals surface area contributed by atoms with Crippen LogP contribution in [0.25, 0.3) is 0 Å². The standard InChI is InChI=1S/C13H12F3N3/c1-9(5-6-17)19(2)11-3-4-12(13(14,15)16)10(7-11)8-18/h3-4,7,9H,5H2,1-2H3. The average molecular weight is 267 g/mol. The fourth-order valence-electron chi connectivity index (χ4n) is 1.61. The first-order valence-corrected chi connectivity index (χ1v) is 5.52. The largest absolute Gasteiger partial charge is 0.417 e. The molecule has 0 aliphatic rings. The predicted octanol–water partition coefficient (Wildman–Crippen LogP) is 3.32. The van der Waals surface area contributed by atoms with Gasteiger partial charge >= 0.3 is 6.18 Å². The zero-order valence-corrected chi connectivity index (χ0v) is 10.5. The van der Waals surface area contributed by atoms with E-state index < -0.39 is 17.3 Å². The number of nitrogens with zero attached hydrogens (tertiary/aromatic N) is 3. The highest BCUT2D eigenvalue weighted by atomic mass is 19.4. The van der Waals surface area contributed by atoms with Crippen LogP contribution in [0.15, 0.2) is 18.2 Å². The van der Waals surface area contributed by atoms with E-state index in [1.807, 2.05) is 6.07 Å². The van der Waals surface area contributed by atoms with E-state index in [0.717, 1.165) is 6.07 Å². The van der Waals surface area contributed by atoms with Crippen molar-refractivity contribution in [2.45, 2.75) is 25.6 Å². The summed E-state index contributed by atoms with van der Waals surface area (Å²) in [6.45, 7) is 1.78. The highest BCUT2D eigenvalue weighted by Crippen LogP contribution is 2.33. The van der Waals surface area contributed by atoms with Gasteiger partial charge in [-0.2, -0.15) is 23.7 Å². The Balaban J connectivity index is 3.15. The summed E-state index contributed by atoms with van der Waals surface area (Å²) >= 11 is 0. The second kappa shape index (κ2) is 5.62. The number of nitriles is 2. The Morgan fingerprint density at radius 2 is 1.95 bits per heavy atom. The first kappa shape index (κ1) is 14.8. The highest BCUT2D eigenvalue weighted by molar-refractivity contribution is 5.55. The van der Waals surface area contributed by atoms with Crippen molar-refractivity contribution >= 4 is 5.69 Å². The maximum absolute atomic E-state index is 12.6. The van der Waals surface area contributed by atoms with Crippen LogP contribution in [-0.2, 0) is 6.18 Å². The molecule has 1 aromatic rings. The zero-order chi connectivity index (χ0) is 14.6. The Morgan fingerprint density at radius 1 is 1.32 bits per heavy atom. The molecule has 0 heterocycles. The molecule has 0 bridgehead atoms. The van der Waals surface area contributed by atoms with Gasteiger partial charge in [0.25, 0.3) is 0 Å². The Morgan fingerprint density at radius 3 is 2.42 bits per heavy atom. The summed E-state index contributed by atoms with van der Waals surface area (Å²) in [5.74, 6) is 0. The molecule has 100 valence electrons. The van der Waals surface area contributed by atoms with Gasteiger partial charge in [-0.3, -0.25) is 0 Å². The van der Waals surface area contributed by atoms with Crippen molar-refractivity contribution in [1.82, 2.24) is 0 Å². The quantitative estimate of drug-likeness (QED) is 0.844. The Kier molecular flexibility index (Phi) is 4.39. The van der Waals surface area contributed by atoms with Crippen LogP contribution in [0.1, 0.15) is 24.5 Å². The molecule has 0 saturated carbocycles. The summed E-state index contributed by atoms with van der Waals surface area (Å²) < 4.78 is 37.9. The molecule has 6 heteroatoms. The lowest BCUT2D eigenvalue weighted by molar-refractivity contribution is -0.137. The molecule has 0 radical (unpaired) electrons. The van der Waals surface area contributed by atoms with E-state index in [4.69, 9.17) is 10.5 Å². The summed E-state index contributed by atoms with van der Waals surface area (Å²) in [5.41, 5.74) is -0.881. The van der Waals surface area contributed by atoms with Crippen LogP contribution in [0.3, 0.4) is 0 Å². The van der Waals surface area contributed by atoms with Gasteiger partial charge in [0.05, 0.1) is 29.7 Å². The first-order valence-electron chi connectivity index (χ1n) is 5.52. The van der Waals surface area contributed by atoms with Crippen LogP contribution < -0.4 is 4.90 Å². The van der Waals surface area contributed by atoms with E-state index in [1.165, 1.54) is 12.1 Å². The van der Waals surface area contributed by atoms with Gasteiger partial charge in [0, 0.05) is 18.8 Å². The average Bonchev–Trinajstić information content (AvgIpc) is 2.36. The highest BCUT2D eigenvalue weighted by Gasteiger charge is 2.33. The van der Waals surface area contributed by atoms with Crippen LogP contribution >= 0.6 is 0 Å². The van der Waals surface area contributed by atoms with Gasteiger partial charge in [0.2, 0.25) is 0 Å². The van der Waals surface area contributed by atoms with E-state index in [1.54, 1.807) is 24.9 Å². The predicted molar refractivity (Wildman–Crippen MR) is 64.3 cm³/mol. The van der Waals surface area contributed by atoms with E-state index in [9.17, 15) is 13.2 Å². The minimum absolute atomic E-state index is 0.145. The number of anilines is 1. The number of benzene rings is 1. The summed E-state index contributed by atoms with van der Waals surface area (Å²) in [5, 5.41) is 17.4. The van der Waals surface area contributed by atoms with Crippen molar-refractivity contribution in [1.29, 1.82) is 10.5 Å². The molecule has 1 aromatic carbocycles. The third kappa shape index (κ3) is 3.38. The SMILES string of the molecule is CC(CC#N)N(C)c1ccc(C(F)(F)F)c(C#N)c1. The number of hydrogen-bond acceptors (Lipinski definition) is 3. The van der Waals surface area contributed by atoms with Gasteiger partial charge in [0.1, 0.15) is 0 Å². The lowest BCUT2D eigenvalue weighted by Gasteiger charge is -2.25. The van der Waals surface area contributed by atoms with Crippen molar-refractivity contribution in [3.63, 3.8) is 0 Å². The maximum Gasteiger partial charge on any atom is 0.417 e. The fourth-order valence-corrected chi connectivity index (χ4v) is 1.61. The fraction of sp³-hybridized carbons (Fsp3) is 0.385. The Bertz CT molecular complexity index is 538. The Hall–Kier alpha value is -2.21. The van der Waals surface area contributed by atoms with Crippen molar-refractivity contribution < 1.29 is 13.2 Å². The topological polar surface area (TPSA) is 50.8 Å². The third-order valence-electron chi connectivity index (χ3n) is 2.88. The molecule has 0 aromatic heterocycles. The molecule has 0 fully saturated rings. The normalized spacial score (nSPS) is 12.4. The molecule has 0 amide bonds. The van der Waals surface area contributed by atoms with Gasteiger partial charge in [-0.1, -0.05) is 0 Å². The molecule has 0 saturated heterocycles. The molecule has 0 aliphatic heterocycles. The summed E-state index contributed by atoms with van der Waals surface area (Å²) in [7, 11) is 1.67. The minimum atomic E-state index is -4.54. The van der Waals surface area contributed by atoms with Gasteiger partial charge in [0.15, 0.2) is 0 Å². The van der Waals surface area contributed by atoms with Crippen molar-refractivity contribution in [2.24, 2.45) is 0 Å². The summed E-state index contributed by atoms with van der Waals surface area (Å²) in [6, 6.07) is 6.79. The molecular formula is C13H12F3N3. The lowest BCUT2D eigenvalue weighted by atomic mass is 10.1. The van der Waals surface area contributed by atoms with Gasteiger partial charge in [-0.25, -0.2) is 0 Å². The van der Waals surface area contributed by atoms with Crippen LogP contribution in [-0.4, -0.2) is 13.1 Å². The molecule has 1 unspecified atom stereocenters. The molecule has 0 aliphatic carbocycles. The van der Waals surface area contributed by atoms with E-state index >= 15 is 0 Å². The van der Waals surface area contributed by atoms with Crippen molar-refractivity contribution in [3.05, 3.63) is 29.3 Å². The zero-order valence-electron chi connectivity index (χ0n) is 10.5. The van der Waals surface area contributed by atoms with E-state index in [0.29, 0.717) is 5.69 Å². The van der Waals surface area contributed by atoms with E-state index in [2.05, 4.69) is 0 Å². The van der Waals surface area contributed by atoms with Crippen LogP contribution in [0.4, 0.5) is 18.9 Å². The summed E-state index contributed by atoms with van der Waals surface area (Å²) in [4.78, 5) is 1.67. The molecule has 3 nitrogen and oxygen atoms in total. The monoisotopic (exact) mass is 267 g/mol. The number of hydrogen-bond donors (Lipinski definition) is 0. The summed E-state index contributed by atoms with van der Waals surface area (Å²) in [6.07, 6.45) is -4.29. The molecule has 1 atom stereocenters. The second-order valence-corrected chi connectivity index (χ2v) is 4.16. The van der Waals surface area contributed by atoms with Crippen molar-refractivity contribution in [3.8, 4) is 12.1 Å². The van der Waals surface area contributed by atoms with Gasteiger partial charge in [-0.05, 0) is 25.1 Å². The minimum Gasteiger partial charge on any atom is -0.371 e. The third-order valence-corrected chi connectivity index (χ3v) is 2.88.